The second kappa shape index (κ2) is 2.54. The number of H-pyrrole nitrogens is 1. The highest BCUT2D eigenvalue weighted by molar-refractivity contribution is 5.34. The highest BCUT2D eigenvalue weighted by Crippen LogP contribution is 2.19. The fourth-order valence-corrected chi connectivity index (χ4v) is 1.06. The van der Waals surface area contributed by atoms with Crippen LogP contribution in [0.3, 0.4) is 0 Å². The summed E-state index contributed by atoms with van der Waals surface area (Å²) in [4.78, 5) is 11.4. The van der Waals surface area contributed by atoms with Crippen LogP contribution in [-0.2, 0) is 0 Å². The molecule has 13 heavy (non-hydrogen) atoms. The number of nitrogens with zero attached hydrogens (tertiary/aromatic N) is 1. The van der Waals surface area contributed by atoms with Gasteiger partial charge in [-0.15, -0.1) is 0 Å². The maximum Gasteiger partial charge on any atom is 0.311 e. The van der Waals surface area contributed by atoms with Crippen LogP contribution in [0.15, 0.2) is 4.79 Å². The van der Waals surface area contributed by atoms with Crippen LogP contribution >= 0.6 is 0 Å². The van der Waals surface area contributed by atoms with Gasteiger partial charge < -0.3 is 14.7 Å². The van der Waals surface area contributed by atoms with Crippen LogP contribution in [0.25, 0.3) is 0 Å². The minimum atomic E-state index is -0.617. The van der Waals surface area contributed by atoms with Gasteiger partial charge in [-0.25, -0.2) is 5.10 Å². The number of aromatic nitrogens is 2. The maximum atomic E-state index is 11.1. The molecule has 0 fully saturated rings. The fourth-order valence-electron chi connectivity index (χ4n) is 1.06. The first-order valence-corrected chi connectivity index (χ1v) is 3.59. The van der Waals surface area contributed by atoms with Crippen molar-refractivity contribution >= 4 is 0 Å². The number of ether oxygens (including phenoxy) is 2. The second-order valence-electron chi connectivity index (χ2n) is 2.46. The Labute approximate surface area is 71.6 Å². The minimum absolute atomic E-state index is 0.0301. The van der Waals surface area contributed by atoms with E-state index in [-0.39, 0.29) is 35.0 Å². The van der Waals surface area contributed by atoms with Crippen molar-refractivity contribution in [3.8, 4) is 11.5 Å². The van der Waals surface area contributed by atoms with Gasteiger partial charge in [-0.1, -0.05) is 4.85 Å². The number of hydrogen-bond acceptors (Lipinski definition) is 5. The summed E-state index contributed by atoms with van der Waals surface area (Å²) >= 11 is 0. The third-order valence-corrected chi connectivity index (χ3v) is 1.62. The number of rotatable bonds is 0. The molecular weight excluding hydrogens is 178 g/mol. The van der Waals surface area contributed by atoms with E-state index in [1.165, 1.54) is 0 Å². The zero-order valence-corrected chi connectivity index (χ0v) is 6.53. The highest BCUT2D eigenvalue weighted by atomic mass is 16.6. The molecule has 0 saturated heterocycles. The van der Waals surface area contributed by atoms with Gasteiger partial charge in [0.2, 0.25) is 17.0 Å². The van der Waals surface area contributed by atoms with Crippen molar-refractivity contribution in [3.05, 3.63) is 15.8 Å². The lowest BCUT2D eigenvalue weighted by molar-refractivity contribution is 0.104. The summed E-state index contributed by atoms with van der Waals surface area (Å²) in [6.45, 7) is 0.535. The Morgan fingerprint density at radius 3 is 2.69 bits per heavy atom. The number of nitrogens with one attached hydrogen (secondary N) is 2. The van der Waals surface area contributed by atoms with Gasteiger partial charge in [0, 0.05) is 0 Å². The largest absolute Gasteiger partial charge is 0.483 e. The van der Waals surface area contributed by atoms with E-state index in [0.29, 0.717) is 0 Å². The lowest BCUT2D eigenvalue weighted by Crippen LogP contribution is -2.34. The summed E-state index contributed by atoms with van der Waals surface area (Å²) < 4.78 is 9.98. The summed E-state index contributed by atoms with van der Waals surface area (Å²) in [7, 11) is 0. The predicted molar refractivity (Wildman–Crippen MR) is 39.1 cm³/mol. The molecule has 0 aromatic carbocycles. The molecule has 1 aliphatic heterocycles. The molecule has 0 unspecified atom stereocenters. The van der Waals surface area contributed by atoms with Crippen LogP contribution in [0.1, 0.15) is 0 Å². The van der Waals surface area contributed by atoms with Crippen LogP contribution in [0.4, 0.5) is 0 Å². The normalized spacial score (nSPS) is 14.2. The van der Waals surface area contributed by atoms with Crippen molar-refractivity contribution < 1.29 is 14.7 Å². The zero-order valence-electron chi connectivity index (χ0n) is 6.53. The highest BCUT2D eigenvalue weighted by Gasteiger charge is 2.19. The van der Waals surface area contributed by atoms with Gasteiger partial charge in [-0.05, 0) is 0 Å². The topological polar surface area (TPSA) is 100 Å². The molecule has 2 rings (SSSR count). The SMILES string of the molecule is N=c1c2c(c(=O)[nH]n1O)OCCO2. The molecule has 2 heterocycles. The minimum Gasteiger partial charge on any atom is -0.483 e. The average molecular weight is 185 g/mol. The van der Waals surface area contributed by atoms with E-state index in [4.69, 9.17) is 20.1 Å². The van der Waals surface area contributed by atoms with E-state index >= 15 is 0 Å². The van der Waals surface area contributed by atoms with E-state index in [1.807, 2.05) is 5.10 Å². The molecule has 0 radical (unpaired) electrons. The van der Waals surface area contributed by atoms with Crippen molar-refractivity contribution in [2.75, 3.05) is 13.2 Å². The first-order chi connectivity index (χ1) is 6.20. The van der Waals surface area contributed by atoms with Crippen molar-refractivity contribution in [2.24, 2.45) is 0 Å². The van der Waals surface area contributed by atoms with E-state index in [1.54, 1.807) is 0 Å². The average Bonchev–Trinajstić information content (AvgIpc) is 2.15. The molecule has 0 aliphatic carbocycles. The monoisotopic (exact) mass is 185 g/mol. The number of hydrogen-bond donors (Lipinski definition) is 3. The van der Waals surface area contributed by atoms with Gasteiger partial charge in [-0.2, -0.15) is 0 Å². The first kappa shape index (κ1) is 7.71. The molecule has 0 spiro atoms. The van der Waals surface area contributed by atoms with Gasteiger partial charge in [0.25, 0.3) is 0 Å². The van der Waals surface area contributed by atoms with Crippen molar-refractivity contribution in [1.82, 2.24) is 9.94 Å². The molecule has 0 saturated carbocycles. The summed E-state index contributed by atoms with van der Waals surface area (Å²) in [5.41, 5.74) is -0.956. The van der Waals surface area contributed by atoms with Gasteiger partial charge >= 0.3 is 5.56 Å². The predicted octanol–water partition coefficient (Wildman–Crippen LogP) is -1.34. The Hall–Kier alpha value is -1.92. The smallest absolute Gasteiger partial charge is 0.311 e. The summed E-state index contributed by atoms with van der Waals surface area (Å²) in [6.07, 6.45) is 0. The molecule has 0 bridgehead atoms. The molecule has 7 heteroatoms. The molecule has 0 amide bonds. The maximum absolute atomic E-state index is 11.1. The summed E-state index contributed by atoms with van der Waals surface area (Å²) in [6, 6.07) is 0. The molecule has 1 aromatic rings. The van der Waals surface area contributed by atoms with Gasteiger partial charge in [0.05, 0.1) is 0 Å². The van der Waals surface area contributed by atoms with E-state index in [9.17, 15) is 4.79 Å². The molecule has 3 N–H and O–H groups in total. The zero-order chi connectivity index (χ0) is 9.42. The van der Waals surface area contributed by atoms with Crippen LogP contribution in [-0.4, -0.2) is 28.4 Å². The molecular formula is C6H7N3O4. The molecule has 1 aromatic heterocycles. The summed E-state index contributed by atoms with van der Waals surface area (Å²) in [5.74, 6) is -0.0842. The molecule has 0 atom stereocenters. The van der Waals surface area contributed by atoms with E-state index in [2.05, 4.69) is 0 Å². The summed E-state index contributed by atoms with van der Waals surface area (Å²) in [5, 5.41) is 18.3. The Kier molecular flexibility index (Phi) is 1.51. The quantitative estimate of drug-likeness (QED) is 0.435. The van der Waals surface area contributed by atoms with Crippen LogP contribution in [0, 0.1) is 5.41 Å². The van der Waals surface area contributed by atoms with E-state index < -0.39 is 5.56 Å². The lowest BCUT2D eigenvalue weighted by atomic mass is 10.4. The Morgan fingerprint density at radius 1 is 1.38 bits per heavy atom. The van der Waals surface area contributed by atoms with Crippen LogP contribution in [0.5, 0.6) is 11.5 Å². The van der Waals surface area contributed by atoms with Crippen molar-refractivity contribution in [2.45, 2.75) is 0 Å². The van der Waals surface area contributed by atoms with Crippen LogP contribution < -0.4 is 20.5 Å². The Bertz CT molecular complexity index is 446. The second-order valence-corrected chi connectivity index (χ2v) is 2.46. The Balaban J connectivity index is 2.77. The van der Waals surface area contributed by atoms with Gasteiger partial charge in [0.15, 0.2) is 0 Å². The lowest BCUT2D eigenvalue weighted by Gasteiger charge is -2.17. The van der Waals surface area contributed by atoms with Crippen LogP contribution in [0.2, 0.25) is 0 Å². The fraction of sp³-hybridized carbons (Fsp3) is 0.333. The third-order valence-electron chi connectivity index (χ3n) is 1.62. The molecule has 1 aliphatic rings. The molecule has 70 valence electrons. The van der Waals surface area contributed by atoms with Gasteiger partial charge in [0.1, 0.15) is 13.2 Å². The standard InChI is InChI=1S/C6H7N3O4/c7-5-3-4(13-2-1-12-3)6(10)8-9(5)11/h7,11H,1-2H2,(H,8,10). The number of aromatic amines is 1. The first-order valence-electron chi connectivity index (χ1n) is 3.59. The van der Waals surface area contributed by atoms with E-state index in [0.717, 1.165) is 0 Å². The number of fused-ring (bicyclic) bond motifs is 1. The van der Waals surface area contributed by atoms with Gasteiger partial charge in [-0.3, -0.25) is 10.2 Å². The van der Waals surface area contributed by atoms with Crippen molar-refractivity contribution in [3.63, 3.8) is 0 Å². The molecule has 7 nitrogen and oxygen atoms in total. The van der Waals surface area contributed by atoms with Crippen molar-refractivity contribution in [1.29, 1.82) is 5.41 Å². The third kappa shape index (κ3) is 1.05. The Morgan fingerprint density at radius 2 is 2.00 bits per heavy atom.